The van der Waals surface area contributed by atoms with Crippen LogP contribution in [0.2, 0.25) is 0 Å². The number of nitrogens with two attached hydrogens (primary N) is 2. The highest BCUT2D eigenvalue weighted by atomic mass is 31.2. The van der Waals surface area contributed by atoms with Gasteiger partial charge in [-0.1, -0.05) is 0 Å². The molecule has 188 valence electrons. The maximum Gasteiger partial charge on any atom is 0.470 e. The minimum absolute atomic E-state index is 0.141. The van der Waals surface area contributed by atoms with E-state index in [-0.39, 0.29) is 11.4 Å². The van der Waals surface area contributed by atoms with Crippen LogP contribution in [0.15, 0.2) is 23.3 Å². The van der Waals surface area contributed by atoms with Crippen molar-refractivity contribution in [3.8, 4) is 0 Å². The Morgan fingerprint density at radius 1 is 1.27 bits per heavy atom. The van der Waals surface area contributed by atoms with Gasteiger partial charge in [-0.25, -0.2) is 9.13 Å². The molecule has 11 N–H and O–H groups in total. The van der Waals surface area contributed by atoms with Crippen LogP contribution in [-0.2, 0) is 22.9 Å². The molecule has 1 aromatic rings. The van der Waals surface area contributed by atoms with Crippen molar-refractivity contribution in [1.82, 2.24) is 9.88 Å². The molecule has 4 atom stereocenters. The predicted octanol–water partition coefficient (Wildman–Crippen LogP) is -1.92. The maximum absolute atomic E-state index is 11.3. The van der Waals surface area contributed by atoms with E-state index in [1.54, 1.807) is 0 Å². The number of nitrogen functional groups attached to an aromatic ring is 1. The lowest BCUT2D eigenvalue weighted by Crippen LogP contribution is -2.37. The summed E-state index contributed by atoms with van der Waals surface area (Å²) in [5.74, 6) is -0.141. The minimum atomic E-state index is -5.10. The number of hydrogen-bond acceptors (Lipinski definition) is 9. The molecule has 16 nitrogen and oxygen atoms in total. The zero-order valence-electron chi connectivity index (χ0n) is 17.3. The largest absolute Gasteiger partial charge is 0.470 e. The van der Waals surface area contributed by atoms with Crippen molar-refractivity contribution in [2.45, 2.75) is 37.4 Å². The summed E-state index contributed by atoms with van der Waals surface area (Å²) in [6, 6.07) is 2.96. The van der Waals surface area contributed by atoms with Crippen LogP contribution < -0.4 is 22.3 Å². The van der Waals surface area contributed by atoms with E-state index in [2.05, 4.69) is 19.4 Å². The van der Waals surface area contributed by atoms with Gasteiger partial charge in [0, 0.05) is 31.0 Å². The highest BCUT2D eigenvalue weighted by Crippen LogP contribution is 2.45. The molecule has 1 aliphatic heterocycles. The molecule has 1 aromatic heterocycles. The van der Waals surface area contributed by atoms with Crippen molar-refractivity contribution in [3.05, 3.63) is 23.8 Å². The number of pyridine rings is 1. The van der Waals surface area contributed by atoms with Crippen LogP contribution in [-0.4, -0.2) is 73.2 Å². The summed E-state index contributed by atoms with van der Waals surface area (Å²) in [5.41, 5.74) is 11.6. The number of guanidine groups is 1. The maximum atomic E-state index is 11.3. The van der Waals surface area contributed by atoms with E-state index in [1.165, 1.54) is 22.9 Å². The molecular formula is C15H28N6O10P2. The Bertz CT molecular complexity index is 978. The molecule has 1 aliphatic rings. The molecule has 0 spiro atoms. The van der Waals surface area contributed by atoms with E-state index in [0.29, 0.717) is 31.6 Å². The second kappa shape index (κ2) is 11.5. The Kier molecular flexibility index (Phi) is 9.58. The first-order valence-corrected chi connectivity index (χ1v) is 12.7. The molecule has 18 heteroatoms. The number of phosphoric ester groups is 2. The van der Waals surface area contributed by atoms with Crippen LogP contribution in [0.5, 0.6) is 0 Å². The van der Waals surface area contributed by atoms with Crippen molar-refractivity contribution in [3.63, 3.8) is 0 Å². The average molecular weight is 514 g/mol. The van der Waals surface area contributed by atoms with Crippen LogP contribution in [0.3, 0.4) is 0 Å². The topological polar surface area (TPSA) is 268 Å². The van der Waals surface area contributed by atoms with Crippen molar-refractivity contribution >= 4 is 27.3 Å². The molecule has 0 amide bonds. The first kappa shape index (κ1) is 27.4. The molecule has 1 unspecified atom stereocenters. The Hall–Kier alpha value is -1.84. The second-order valence-corrected chi connectivity index (χ2v) is 9.49. The molecule has 2 rings (SSSR count). The lowest BCUT2D eigenvalue weighted by molar-refractivity contribution is -0.0538. The predicted molar refractivity (Wildman–Crippen MR) is 113 cm³/mol. The standard InChI is InChI=1S/C15H28N6O10P2/c16-9-3-6-21(11(7-9)19-4-1-2-5-20-15(17)18)14-12(22)13(31-33(26,27)28)10(30-14)8-29-32(23,24)25/h3,6-7,10,12-14,22H,1-2,4-5,8,16H2,(H4,17,18,20)(H2,23,24,25)(H2,26,27,28)/b19-11+/t10?,12-,13-,14-/m1/s1. The first-order valence-electron chi connectivity index (χ1n) is 9.60. The fourth-order valence-corrected chi connectivity index (χ4v) is 3.97. The van der Waals surface area contributed by atoms with Gasteiger partial charge in [0.2, 0.25) is 0 Å². The monoisotopic (exact) mass is 514 g/mol. The number of ether oxygens (including phenoxy) is 1. The van der Waals surface area contributed by atoms with E-state index in [0.717, 1.165) is 0 Å². The summed E-state index contributed by atoms with van der Waals surface area (Å²) in [6.07, 6.45) is -3.34. The molecule has 0 saturated carbocycles. The van der Waals surface area contributed by atoms with Crippen LogP contribution >= 0.6 is 15.6 Å². The Labute approximate surface area is 188 Å². The molecule has 1 saturated heterocycles. The van der Waals surface area contributed by atoms with Gasteiger partial charge >= 0.3 is 15.6 Å². The normalized spacial score (nSPS) is 24.2. The number of aromatic nitrogens is 1. The quantitative estimate of drug-likeness (QED) is 0.0675. The number of nitrogens with one attached hydrogen (secondary N) is 2. The Morgan fingerprint density at radius 3 is 2.58 bits per heavy atom. The fraction of sp³-hybridized carbons (Fsp3) is 0.600. The molecule has 1 fully saturated rings. The molecule has 2 heterocycles. The van der Waals surface area contributed by atoms with E-state index in [1.807, 2.05) is 0 Å². The number of aliphatic hydroxyl groups excluding tert-OH is 1. The van der Waals surface area contributed by atoms with Gasteiger partial charge < -0.3 is 50.8 Å². The SMILES string of the molecule is N=C(N)NCCCC/N=c1\cc(N)ccn1[C@@H]1OC(COP(=O)(O)O)[C@@H](OP(=O)(O)O)[C@H]1O. The number of anilines is 1. The zero-order valence-corrected chi connectivity index (χ0v) is 19.1. The van der Waals surface area contributed by atoms with Crippen LogP contribution in [0.25, 0.3) is 0 Å². The lowest BCUT2D eigenvalue weighted by atomic mass is 10.1. The number of unbranched alkanes of at least 4 members (excludes halogenated alkanes) is 1. The summed E-state index contributed by atoms with van der Waals surface area (Å²) in [7, 11) is -10.0. The van der Waals surface area contributed by atoms with Gasteiger partial charge in [0.15, 0.2) is 12.2 Å². The minimum Gasteiger partial charge on any atom is -0.399 e. The number of nitrogens with zero attached hydrogens (tertiary/aromatic N) is 2. The van der Waals surface area contributed by atoms with E-state index in [9.17, 15) is 24.0 Å². The Morgan fingerprint density at radius 2 is 1.97 bits per heavy atom. The third-order valence-electron chi connectivity index (χ3n) is 4.41. The second-order valence-electron chi connectivity index (χ2n) is 7.06. The van der Waals surface area contributed by atoms with Crippen molar-refractivity contribution in [1.29, 1.82) is 5.41 Å². The van der Waals surface area contributed by atoms with Gasteiger partial charge in [0.25, 0.3) is 0 Å². The van der Waals surface area contributed by atoms with Gasteiger partial charge in [0.1, 0.15) is 23.8 Å². The van der Waals surface area contributed by atoms with E-state index < -0.39 is 46.8 Å². The number of phosphoric acid groups is 2. The number of aliphatic hydroxyl groups is 1. The van der Waals surface area contributed by atoms with E-state index in [4.69, 9.17) is 31.4 Å². The smallest absolute Gasteiger partial charge is 0.399 e. The van der Waals surface area contributed by atoms with Crippen molar-refractivity contribution in [2.24, 2.45) is 10.7 Å². The third kappa shape index (κ3) is 9.14. The van der Waals surface area contributed by atoms with Crippen molar-refractivity contribution < 1.29 is 47.6 Å². The molecular weight excluding hydrogens is 486 g/mol. The highest BCUT2D eigenvalue weighted by molar-refractivity contribution is 7.46. The summed E-state index contributed by atoms with van der Waals surface area (Å²) < 4.78 is 38.3. The van der Waals surface area contributed by atoms with Crippen molar-refractivity contribution in [2.75, 3.05) is 25.4 Å². The van der Waals surface area contributed by atoms with Gasteiger partial charge in [-0.3, -0.25) is 19.4 Å². The van der Waals surface area contributed by atoms with Crippen LogP contribution in [0, 0.1) is 5.41 Å². The van der Waals surface area contributed by atoms with E-state index >= 15 is 0 Å². The lowest BCUT2D eigenvalue weighted by Gasteiger charge is -2.21. The average Bonchev–Trinajstić information content (AvgIpc) is 2.96. The summed E-state index contributed by atoms with van der Waals surface area (Å²) in [5, 5.41) is 20.4. The summed E-state index contributed by atoms with van der Waals surface area (Å²) in [6.45, 7) is 0.00154. The third-order valence-corrected chi connectivity index (χ3v) is 5.42. The number of hydrogen-bond donors (Lipinski definition) is 9. The Balaban J connectivity index is 2.24. The summed E-state index contributed by atoms with van der Waals surface area (Å²) >= 11 is 0. The highest BCUT2D eigenvalue weighted by Gasteiger charge is 2.49. The van der Waals surface area contributed by atoms with Crippen LogP contribution in [0.4, 0.5) is 5.69 Å². The molecule has 0 bridgehead atoms. The summed E-state index contributed by atoms with van der Waals surface area (Å²) in [4.78, 5) is 40.6. The van der Waals surface area contributed by atoms with Gasteiger partial charge in [0.05, 0.1) is 6.61 Å². The molecule has 0 aromatic carbocycles. The zero-order chi connectivity index (χ0) is 24.8. The molecule has 0 aliphatic carbocycles. The van der Waals surface area contributed by atoms with Crippen LogP contribution in [0.1, 0.15) is 19.1 Å². The van der Waals surface area contributed by atoms with Gasteiger partial charge in [-0.15, -0.1) is 0 Å². The molecule has 0 radical (unpaired) electrons. The molecule has 33 heavy (non-hydrogen) atoms. The van der Waals surface area contributed by atoms with Gasteiger partial charge in [-0.2, -0.15) is 0 Å². The fourth-order valence-electron chi connectivity index (χ4n) is 3.05. The first-order chi connectivity index (χ1) is 15.3. The number of rotatable bonds is 11. The van der Waals surface area contributed by atoms with Gasteiger partial charge in [-0.05, 0) is 18.9 Å².